The van der Waals surface area contributed by atoms with E-state index in [4.69, 9.17) is 9.47 Å². The number of cyclic esters (lactones) is 1. The van der Waals surface area contributed by atoms with Crippen molar-refractivity contribution in [3.63, 3.8) is 0 Å². The predicted molar refractivity (Wildman–Crippen MR) is 71.8 cm³/mol. The molecule has 0 amide bonds. The first kappa shape index (κ1) is 13.1. The lowest BCUT2D eigenvalue weighted by Gasteiger charge is -2.30. The Hall–Kier alpha value is -1.29. The fraction of sp³-hybridized carbons (Fsp3) is 0.357. The maximum Gasteiger partial charge on any atom is 0.337 e. The minimum absolute atomic E-state index is 0.339. The molecule has 1 aliphatic heterocycles. The van der Waals surface area contributed by atoms with Crippen molar-refractivity contribution >= 4 is 21.9 Å². The number of halogens is 1. The van der Waals surface area contributed by atoms with Gasteiger partial charge in [0, 0.05) is 24.7 Å². The van der Waals surface area contributed by atoms with Gasteiger partial charge in [-0.05, 0) is 18.1 Å². The second kappa shape index (κ2) is 5.14. The lowest BCUT2D eigenvalue weighted by atomic mass is 10.1. The number of esters is 1. The summed E-state index contributed by atoms with van der Waals surface area (Å²) in [6.07, 6.45) is 2.92. The fourth-order valence-electron chi connectivity index (χ4n) is 1.85. The molecule has 4 heteroatoms. The van der Waals surface area contributed by atoms with Crippen LogP contribution in [0.4, 0.5) is 0 Å². The monoisotopic (exact) mass is 310 g/mol. The highest BCUT2D eigenvalue weighted by Gasteiger charge is 2.29. The first-order valence-corrected chi connectivity index (χ1v) is 6.61. The third-order valence-corrected chi connectivity index (χ3v) is 3.37. The number of ether oxygens (including phenoxy) is 2. The molecule has 0 atom stereocenters. The van der Waals surface area contributed by atoms with Gasteiger partial charge in [0.2, 0.25) is 5.79 Å². The molecule has 0 aliphatic carbocycles. The van der Waals surface area contributed by atoms with E-state index in [1.165, 1.54) is 11.6 Å². The Morgan fingerprint density at radius 1 is 1.17 bits per heavy atom. The number of benzene rings is 1. The zero-order chi connectivity index (χ0) is 13.2. The molecule has 0 fully saturated rings. The topological polar surface area (TPSA) is 35.5 Å². The van der Waals surface area contributed by atoms with Gasteiger partial charge < -0.3 is 9.47 Å². The molecule has 0 aromatic heterocycles. The minimum atomic E-state index is -0.866. The zero-order valence-corrected chi connectivity index (χ0v) is 12.0. The van der Waals surface area contributed by atoms with Gasteiger partial charge >= 0.3 is 5.97 Å². The summed E-state index contributed by atoms with van der Waals surface area (Å²) < 4.78 is 11.7. The lowest BCUT2D eigenvalue weighted by molar-refractivity contribution is -0.205. The van der Waals surface area contributed by atoms with Gasteiger partial charge in [-0.1, -0.05) is 34.1 Å². The number of carbonyl (C=O) groups excluding carboxylic acids is 1. The SMILES string of the molecule is CC1(C)OC(=O)C=C(CCc2ccccc2Br)O1. The molecular weight excluding hydrogens is 296 g/mol. The van der Waals surface area contributed by atoms with Gasteiger partial charge in [-0.3, -0.25) is 0 Å². The van der Waals surface area contributed by atoms with Crippen molar-refractivity contribution < 1.29 is 14.3 Å². The molecule has 0 spiro atoms. The lowest BCUT2D eigenvalue weighted by Crippen LogP contribution is -2.34. The Kier molecular flexibility index (Phi) is 3.76. The van der Waals surface area contributed by atoms with Gasteiger partial charge in [0.15, 0.2) is 0 Å². The minimum Gasteiger partial charge on any atom is -0.457 e. The van der Waals surface area contributed by atoms with E-state index >= 15 is 0 Å². The van der Waals surface area contributed by atoms with Crippen LogP contribution in [0.15, 0.2) is 40.6 Å². The van der Waals surface area contributed by atoms with E-state index < -0.39 is 5.79 Å². The molecule has 0 N–H and O–H groups in total. The van der Waals surface area contributed by atoms with Crippen LogP contribution < -0.4 is 0 Å². The number of allylic oxidation sites excluding steroid dienone is 1. The molecule has 3 nitrogen and oxygen atoms in total. The van der Waals surface area contributed by atoms with Gasteiger partial charge in [0.25, 0.3) is 0 Å². The van der Waals surface area contributed by atoms with Gasteiger partial charge in [-0.2, -0.15) is 0 Å². The Bertz CT molecular complexity index is 492. The van der Waals surface area contributed by atoms with Crippen LogP contribution in [0.3, 0.4) is 0 Å². The third kappa shape index (κ3) is 3.35. The highest BCUT2D eigenvalue weighted by Crippen LogP contribution is 2.26. The molecule has 1 heterocycles. The molecule has 0 saturated carbocycles. The van der Waals surface area contributed by atoms with E-state index in [1.54, 1.807) is 13.8 Å². The van der Waals surface area contributed by atoms with Gasteiger partial charge in [-0.15, -0.1) is 0 Å². The molecular formula is C14H15BrO3. The molecule has 0 unspecified atom stereocenters. The van der Waals surface area contributed by atoms with Crippen LogP contribution in [-0.2, 0) is 20.7 Å². The van der Waals surface area contributed by atoms with Crippen LogP contribution in [0.25, 0.3) is 0 Å². The molecule has 96 valence electrons. The summed E-state index contributed by atoms with van der Waals surface area (Å²) in [5.74, 6) is -0.532. The Balaban J connectivity index is 2.03. The maximum absolute atomic E-state index is 11.4. The van der Waals surface area contributed by atoms with Crippen molar-refractivity contribution in [3.8, 4) is 0 Å². The Morgan fingerprint density at radius 2 is 1.89 bits per heavy atom. The predicted octanol–water partition coefficient (Wildman–Crippen LogP) is 3.58. The van der Waals surface area contributed by atoms with Crippen LogP contribution >= 0.6 is 15.9 Å². The molecule has 1 aromatic carbocycles. The van der Waals surface area contributed by atoms with Crippen molar-refractivity contribution in [1.82, 2.24) is 0 Å². The Labute approximate surface area is 115 Å². The quantitative estimate of drug-likeness (QED) is 0.801. The van der Waals surface area contributed by atoms with Crippen molar-refractivity contribution in [3.05, 3.63) is 46.1 Å². The van der Waals surface area contributed by atoms with E-state index in [9.17, 15) is 4.79 Å². The van der Waals surface area contributed by atoms with Crippen LogP contribution in [0.2, 0.25) is 0 Å². The first-order valence-electron chi connectivity index (χ1n) is 5.82. The molecule has 0 radical (unpaired) electrons. The maximum atomic E-state index is 11.4. The summed E-state index contributed by atoms with van der Waals surface area (Å²) in [5.41, 5.74) is 1.19. The average Bonchev–Trinajstić information content (AvgIpc) is 2.25. The number of hydrogen-bond acceptors (Lipinski definition) is 3. The van der Waals surface area contributed by atoms with Crippen molar-refractivity contribution in [1.29, 1.82) is 0 Å². The highest BCUT2D eigenvalue weighted by atomic mass is 79.9. The van der Waals surface area contributed by atoms with E-state index in [1.807, 2.05) is 18.2 Å². The summed E-state index contributed by atoms with van der Waals surface area (Å²) >= 11 is 3.50. The van der Waals surface area contributed by atoms with Gasteiger partial charge in [0.1, 0.15) is 5.76 Å². The Morgan fingerprint density at radius 3 is 2.56 bits per heavy atom. The van der Waals surface area contributed by atoms with Crippen LogP contribution in [0.5, 0.6) is 0 Å². The van der Waals surface area contributed by atoms with Gasteiger partial charge in [-0.25, -0.2) is 4.79 Å². The normalized spacial score (nSPS) is 17.7. The summed E-state index contributed by atoms with van der Waals surface area (Å²) in [6, 6.07) is 8.03. The molecule has 2 rings (SSSR count). The second-order valence-corrected chi connectivity index (χ2v) is 5.48. The summed E-state index contributed by atoms with van der Waals surface area (Å²) in [7, 11) is 0. The largest absolute Gasteiger partial charge is 0.457 e. The molecule has 1 aliphatic rings. The van der Waals surface area contributed by atoms with E-state index in [0.717, 1.165) is 10.9 Å². The molecule has 0 bridgehead atoms. The van der Waals surface area contributed by atoms with Crippen LogP contribution in [0.1, 0.15) is 25.8 Å². The average molecular weight is 311 g/mol. The first-order chi connectivity index (χ1) is 8.46. The standard InChI is InChI=1S/C14H15BrO3/c1-14(2)17-11(9-13(16)18-14)8-7-10-5-3-4-6-12(10)15/h3-6,9H,7-8H2,1-2H3. The fourth-order valence-corrected chi connectivity index (χ4v) is 2.33. The van der Waals surface area contributed by atoms with Gasteiger partial charge in [0.05, 0.1) is 6.08 Å². The van der Waals surface area contributed by atoms with Crippen molar-refractivity contribution in [2.24, 2.45) is 0 Å². The second-order valence-electron chi connectivity index (χ2n) is 4.63. The third-order valence-electron chi connectivity index (χ3n) is 2.60. The van der Waals surface area contributed by atoms with Crippen LogP contribution in [0, 0.1) is 0 Å². The number of rotatable bonds is 3. The smallest absolute Gasteiger partial charge is 0.337 e. The van der Waals surface area contributed by atoms with Crippen LogP contribution in [-0.4, -0.2) is 11.8 Å². The summed E-state index contributed by atoms with van der Waals surface area (Å²) in [4.78, 5) is 11.4. The number of hydrogen-bond donors (Lipinski definition) is 0. The molecule has 18 heavy (non-hydrogen) atoms. The zero-order valence-electron chi connectivity index (χ0n) is 10.4. The summed E-state index contributed by atoms with van der Waals surface area (Å²) in [5, 5.41) is 0. The van der Waals surface area contributed by atoms with E-state index in [2.05, 4.69) is 22.0 Å². The van der Waals surface area contributed by atoms with Crippen molar-refractivity contribution in [2.75, 3.05) is 0 Å². The number of aryl methyl sites for hydroxylation is 1. The van der Waals surface area contributed by atoms with E-state index in [-0.39, 0.29) is 5.97 Å². The molecule has 1 aromatic rings. The summed E-state index contributed by atoms with van der Waals surface area (Å²) in [6.45, 7) is 3.46. The van der Waals surface area contributed by atoms with E-state index in [0.29, 0.717) is 12.2 Å². The number of carbonyl (C=O) groups is 1. The highest BCUT2D eigenvalue weighted by molar-refractivity contribution is 9.10. The molecule has 0 saturated heterocycles. The van der Waals surface area contributed by atoms with Crippen molar-refractivity contribution in [2.45, 2.75) is 32.5 Å².